The Morgan fingerprint density at radius 1 is 1.42 bits per heavy atom. The van der Waals surface area contributed by atoms with Gasteiger partial charge in [0.25, 0.3) is 5.91 Å². The molecule has 8 nitrogen and oxygen atoms in total. The molecule has 2 atom stereocenters. The first-order valence-electron chi connectivity index (χ1n) is 8.89. The van der Waals surface area contributed by atoms with Crippen molar-refractivity contribution in [2.75, 3.05) is 26.2 Å². The molecule has 3 rings (SSSR count). The fourth-order valence-corrected chi connectivity index (χ4v) is 3.43. The summed E-state index contributed by atoms with van der Waals surface area (Å²) in [6.07, 6.45) is 2.09. The average Bonchev–Trinajstić information content (AvgIpc) is 3.13. The van der Waals surface area contributed by atoms with Crippen molar-refractivity contribution in [2.24, 2.45) is 5.92 Å². The van der Waals surface area contributed by atoms with Crippen LogP contribution in [0.3, 0.4) is 0 Å². The van der Waals surface area contributed by atoms with Crippen LogP contribution in [-0.4, -0.2) is 60.5 Å². The lowest BCUT2D eigenvalue weighted by atomic mass is 9.98. The van der Waals surface area contributed by atoms with Gasteiger partial charge in [-0.3, -0.25) is 14.4 Å². The van der Waals surface area contributed by atoms with Crippen molar-refractivity contribution >= 4 is 17.7 Å². The van der Waals surface area contributed by atoms with E-state index in [-0.39, 0.29) is 29.7 Å². The fourth-order valence-electron chi connectivity index (χ4n) is 3.43. The van der Waals surface area contributed by atoms with Gasteiger partial charge in [-0.05, 0) is 32.4 Å². The van der Waals surface area contributed by atoms with Gasteiger partial charge in [-0.1, -0.05) is 0 Å². The normalized spacial score (nSPS) is 25.5. The molecule has 1 aromatic rings. The second-order valence-corrected chi connectivity index (χ2v) is 7.45. The zero-order valence-electron chi connectivity index (χ0n) is 15.1. The van der Waals surface area contributed by atoms with Gasteiger partial charge in [-0.2, -0.15) is 0 Å². The number of morpholine rings is 1. The van der Waals surface area contributed by atoms with Crippen molar-refractivity contribution in [3.63, 3.8) is 0 Å². The zero-order valence-corrected chi connectivity index (χ0v) is 15.1. The van der Waals surface area contributed by atoms with Gasteiger partial charge in [0.1, 0.15) is 0 Å². The smallest absolute Gasteiger partial charge is 0.289 e. The van der Waals surface area contributed by atoms with Crippen LogP contribution in [0.4, 0.5) is 0 Å². The molecule has 2 aliphatic heterocycles. The minimum absolute atomic E-state index is 0.0153. The van der Waals surface area contributed by atoms with Crippen LogP contribution in [0.25, 0.3) is 0 Å². The molecule has 3 heterocycles. The number of carbonyl (C=O) groups is 3. The zero-order chi connectivity index (χ0) is 18.7. The summed E-state index contributed by atoms with van der Waals surface area (Å²) in [6.45, 7) is 5.34. The molecular formula is C18H25N3O5. The number of rotatable bonds is 4. The number of carbonyl (C=O) groups excluding carboxylic acids is 3. The first kappa shape index (κ1) is 18.4. The quantitative estimate of drug-likeness (QED) is 0.813. The van der Waals surface area contributed by atoms with Crippen LogP contribution in [0.15, 0.2) is 22.8 Å². The number of piperidine rings is 1. The Morgan fingerprint density at radius 2 is 2.23 bits per heavy atom. The standard InChI is InChI=1S/C18H25N3O5/c1-18(2)11-21(17(24)14-4-3-7-25-14)10-13(26-18)9-20-16(23)12-5-6-15(22)19-8-12/h3-4,7,12-13H,5-6,8-11H2,1-2H3,(H,19,22)(H,20,23). The van der Waals surface area contributed by atoms with Crippen LogP contribution in [-0.2, 0) is 14.3 Å². The summed E-state index contributed by atoms with van der Waals surface area (Å²) in [5.41, 5.74) is -0.519. The third-order valence-corrected chi connectivity index (χ3v) is 4.64. The minimum Gasteiger partial charge on any atom is -0.459 e. The number of hydrogen-bond donors (Lipinski definition) is 2. The van der Waals surface area contributed by atoms with Crippen LogP contribution >= 0.6 is 0 Å². The summed E-state index contributed by atoms with van der Waals surface area (Å²) in [5.74, 6) is -0.217. The first-order valence-corrected chi connectivity index (χ1v) is 8.89. The number of ether oxygens (including phenoxy) is 1. The molecule has 26 heavy (non-hydrogen) atoms. The van der Waals surface area contributed by atoms with E-state index in [0.717, 1.165) is 0 Å². The molecule has 2 unspecified atom stereocenters. The highest BCUT2D eigenvalue weighted by atomic mass is 16.5. The summed E-state index contributed by atoms with van der Waals surface area (Å²) in [7, 11) is 0. The summed E-state index contributed by atoms with van der Waals surface area (Å²) in [4.78, 5) is 37.7. The monoisotopic (exact) mass is 363 g/mol. The van der Waals surface area contributed by atoms with Gasteiger partial charge in [-0.25, -0.2) is 0 Å². The van der Waals surface area contributed by atoms with Crippen LogP contribution in [0, 0.1) is 5.92 Å². The maximum Gasteiger partial charge on any atom is 0.289 e. The summed E-state index contributed by atoms with van der Waals surface area (Å²) in [6, 6.07) is 3.32. The number of furan rings is 1. The molecule has 0 saturated carbocycles. The lowest BCUT2D eigenvalue weighted by Crippen LogP contribution is -2.57. The Labute approximate surface area is 152 Å². The summed E-state index contributed by atoms with van der Waals surface area (Å²) >= 11 is 0. The lowest BCUT2D eigenvalue weighted by molar-refractivity contribution is -0.136. The number of amides is 3. The Hall–Kier alpha value is -2.35. The molecule has 0 radical (unpaired) electrons. The second kappa shape index (κ2) is 7.49. The summed E-state index contributed by atoms with van der Waals surface area (Å²) in [5, 5.41) is 5.60. The van der Waals surface area contributed by atoms with Crippen molar-refractivity contribution in [1.29, 1.82) is 0 Å². The Kier molecular flexibility index (Phi) is 5.31. The fraction of sp³-hybridized carbons (Fsp3) is 0.611. The van der Waals surface area contributed by atoms with Crippen molar-refractivity contribution < 1.29 is 23.5 Å². The Morgan fingerprint density at radius 3 is 2.88 bits per heavy atom. The molecule has 2 aliphatic rings. The molecule has 2 fully saturated rings. The molecule has 8 heteroatoms. The van der Waals surface area contributed by atoms with Gasteiger partial charge in [0.15, 0.2) is 5.76 Å². The van der Waals surface area contributed by atoms with E-state index in [1.165, 1.54) is 6.26 Å². The Bertz CT molecular complexity index is 660. The van der Waals surface area contributed by atoms with Gasteiger partial charge in [-0.15, -0.1) is 0 Å². The molecule has 0 aliphatic carbocycles. The van der Waals surface area contributed by atoms with Crippen molar-refractivity contribution in [3.8, 4) is 0 Å². The molecule has 1 aromatic heterocycles. The molecule has 2 N–H and O–H groups in total. The maximum absolute atomic E-state index is 12.6. The van der Waals surface area contributed by atoms with Gasteiger partial charge in [0.05, 0.1) is 23.9 Å². The van der Waals surface area contributed by atoms with Crippen LogP contribution < -0.4 is 10.6 Å². The number of hydrogen-bond acceptors (Lipinski definition) is 5. The van der Waals surface area contributed by atoms with Crippen LogP contribution in [0.2, 0.25) is 0 Å². The highest BCUT2D eigenvalue weighted by molar-refractivity contribution is 5.91. The van der Waals surface area contributed by atoms with E-state index in [0.29, 0.717) is 44.8 Å². The van der Waals surface area contributed by atoms with E-state index in [2.05, 4.69) is 10.6 Å². The Balaban J connectivity index is 1.56. The molecule has 0 aromatic carbocycles. The molecule has 3 amide bonds. The highest BCUT2D eigenvalue weighted by Gasteiger charge is 2.37. The van der Waals surface area contributed by atoms with Gasteiger partial charge >= 0.3 is 0 Å². The number of nitrogens with zero attached hydrogens (tertiary/aromatic N) is 1. The highest BCUT2D eigenvalue weighted by Crippen LogP contribution is 2.22. The van der Waals surface area contributed by atoms with Gasteiger partial charge < -0.3 is 24.7 Å². The molecule has 0 spiro atoms. The van der Waals surface area contributed by atoms with E-state index in [4.69, 9.17) is 9.15 Å². The van der Waals surface area contributed by atoms with Gasteiger partial charge in [0, 0.05) is 32.6 Å². The van der Waals surface area contributed by atoms with E-state index in [9.17, 15) is 14.4 Å². The first-order chi connectivity index (χ1) is 12.3. The third kappa shape index (κ3) is 4.43. The molecule has 142 valence electrons. The largest absolute Gasteiger partial charge is 0.459 e. The summed E-state index contributed by atoms with van der Waals surface area (Å²) < 4.78 is 11.2. The molecule has 0 bridgehead atoms. The van der Waals surface area contributed by atoms with Crippen molar-refractivity contribution in [2.45, 2.75) is 38.4 Å². The third-order valence-electron chi connectivity index (χ3n) is 4.64. The van der Waals surface area contributed by atoms with Crippen LogP contribution in [0.5, 0.6) is 0 Å². The van der Waals surface area contributed by atoms with E-state index in [1.807, 2.05) is 13.8 Å². The van der Waals surface area contributed by atoms with E-state index < -0.39 is 5.60 Å². The van der Waals surface area contributed by atoms with Gasteiger partial charge in [0.2, 0.25) is 11.8 Å². The minimum atomic E-state index is -0.519. The van der Waals surface area contributed by atoms with Crippen molar-refractivity contribution in [3.05, 3.63) is 24.2 Å². The number of nitrogens with one attached hydrogen (secondary N) is 2. The van der Waals surface area contributed by atoms with E-state index >= 15 is 0 Å². The predicted molar refractivity (Wildman–Crippen MR) is 92.3 cm³/mol. The van der Waals surface area contributed by atoms with Crippen LogP contribution in [0.1, 0.15) is 37.2 Å². The molecular weight excluding hydrogens is 338 g/mol. The average molecular weight is 363 g/mol. The lowest BCUT2D eigenvalue weighted by Gasteiger charge is -2.42. The molecule has 2 saturated heterocycles. The predicted octanol–water partition coefficient (Wildman–Crippen LogP) is 0.542. The topological polar surface area (TPSA) is 101 Å². The second-order valence-electron chi connectivity index (χ2n) is 7.45. The maximum atomic E-state index is 12.6. The van der Waals surface area contributed by atoms with Crippen molar-refractivity contribution in [1.82, 2.24) is 15.5 Å². The van der Waals surface area contributed by atoms with E-state index in [1.54, 1.807) is 17.0 Å². The SMILES string of the molecule is CC1(C)CN(C(=O)c2ccco2)CC(CNC(=O)C2CCC(=O)NC2)O1.